The van der Waals surface area contributed by atoms with E-state index in [9.17, 15) is 9.59 Å². The van der Waals surface area contributed by atoms with Crippen molar-refractivity contribution in [1.29, 1.82) is 0 Å². The van der Waals surface area contributed by atoms with Gasteiger partial charge in [0.15, 0.2) is 0 Å². The lowest BCUT2D eigenvalue weighted by molar-refractivity contribution is -0.0294. The highest BCUT2D eigenvalue weighted by atomic mass is 16.5. The molecule has 0 aromatic heterocycles. The topological polar surface area (TPSA) is 73.9 Å². The minimum Gasteiger partial charge on any atom is -0.374 e. The van der Waals surface area contributed by atoms with Crippen molar-refractivity contribution in [1.82, 2.24) is 20.4 Å². The van der Waals surface area contributed by atoms with Gasteiger partial charge in [-0.3, -0.25) is 9.69 Å². The smallest absolute Gasteiger partial charge is 0.317 e. The van der Waals surface area contributed by atoms with E-state index in [1.54, 1.807) is 0 Å². The maximum absolute atomic E-state index is 12.5. The van der Waals surface area contributed by atoms with E-state index in [0.29, 0.717) is 31.1 Å². The molecule has 3 amide bonds. The number of carbonyl (C=O) groups is 2. The van der Waals surface area contributed by atoms with Crippen LogP contribution in [0, 0.1) is 5.92 Å². The van der Waals surface area contributed by atoms with Crippen LogP contribution < -0.4 is 10.6 Å². The number of morpholine rings is 1. The molecule has 1 aromatic rings. The Morgan fingerprint density at radius 2 is 1.86 bits per heavy atom. The number of hydrogen-bond acceptors (Lipinski definition) is 4. The third kappa shape index (κ3) is 6.72. The van der Waals surface area contributed by atoms with Gasteiger partial charge in [0, 0.05) is 50.9 Å². The maximum Gasteiger partial charge on any atom is 0.317 e. The molecule has 7 nitrogen and oxygen atoms in total. The normalized spacial score (nSPS) is 21.2. The van der Waals surface area contributed by atoms with E-state index < -0.39 is 0 Å². The Balaban J connectivity index is 1.36. The molecular formula is C22H34N4O3. The summed E-state index contributed by atoms with van der Waals surface area (Å²) >= 11 is 0. The molecule has 2 aliphatic rings. The summed E-state index contributed by atoms with van der Waals surface area (Å²) in [6, 6.07) is 9.31. The molecule has 0 saturated carbocycles. The lowest BCUT2D eigenvalue weighted by Crippen LogP contribution is -2.52. The van der Waals surface area contributed by atoms with E-state index in [1.807, 2.05) is 35.2 Å². The van der Waals surface area contributed by atoms with Gasteiger partial charge in [0.05, 0.1) is 12.7 Å². The Labute approximate surface area is 173 Å². The summed E-state index contributed by atoms with van der Waals surface area (Å²) in [5.41, 5.74) is 0.673. The lowest BCUT2D eigenvalue weighted by atomic mass is 10.0. The number of hydrogen-bond donors (Lipinski definition) is 2. The van der Waals surface area contributed by atoms with Crippen molar-refractivity contribution in [3.8, 4) is 0 Å². The average molecular weight is 403 g/mol. The van der Waals surface area contributed by atoms with Crippen molar-refractivity contribution in [3.63, 3.8) is 0 Å². The molecule has 29 heavy (non-hydrogen) atoms. The molecule has 2 fully saturated rings. The minimum absolute atomic E-state index is 0.0394. The first kappa shape index (κ1) is 21.6. The van der Waals surface area contributed by atoms with E-state index >= 15 is 0 Å². The summed E-state index contributed by atoms with van der Waals surface area (Å²) in [5, 5.41) is 6.10. The van der Waals surface area contributed by atoms with Gasteiger partial charge in [0.1, 0.15) is 0 Å². The van der Waals surface area contributed by atoms with Gasteiger partial charge in [-0.1, -0.05) is 32.0 Å². The van der Waals surface area contributed by atoms with Crippen LogP contribution >= 0.6 is 0 Å². The highest BCUT2D eigenvalue weighted by Crippen LogP contribution is 2.12. The third-order valence-electron chi connectivity index (χ3n) is 5.48. The molecule has 0 spiro atoms. The fraction of sp³-hybridized carbons (Fsp3) is 0.636. The molecule has 3 rings (SSSR count). The Kier molecular flexibility index (Phi) is 7.89. The zero-order valence-electron chi connectivity index (χ0n) is 17.6. The molecule has 2 aliphatic heterocycles. The van der Waals surface area contributed by atoms with Crippen LogP contribution in [0.4, 0.5) is 4.79 Å². The van der Waals surface area contributed by atoms with E-state index in [1.165, 1.54) is 0 Å². The Bertz CT molecular complexity index is 659. The van der Waals surface area contributed by atoms with Crippen LogP contribution in [0.2, 0.25) is 0 Å². The van der Waals surface area contributed by atoms with Gasteiger partial charge in [-0.15, -0.1) is 0 Å². The SMILES string of the molecule is CC(C)CN1CCOC(CNC(=O)N2CCC(NC(=O)c3ccccc3)CC2)C1. The maximum atomic E-state index is 12.5. The summed E-state index contributed by atoms with van der Waals surface area (Å²) in [6.07, 6.45) is 1.59. The molecule has 0 radical (unpaired) electrons. The van der Waals surface area contributed by atoms with Gasteiger partial charge in [-0.2, -0.15) is 0 Å². The molecule has 0 aliphatic carbocycles. The Morgan fingerprint density at radius 1 is 1.14 bits per heavy atom. The highest BCUT2D eigenvalue weighted by molar-refractivity contribution is 5.94. The molecule has 0 bridgehead atoms. The van der Waals surface area contributed by atoms with Crippen LogP contribution in [-0.2, 0) is 4.74 Å². The molecule has 2 saturated heterocycles. The fourth-order valence-electron chi connectivity index (χ4n) is 3.98. The number of ether oxygens (including phenoxy) is 1. The van der Waals surface area contributed by atoms with E-state index in [0.717, 1.165) is 39.1 Å². The van der Waals surface area contributed by atoms with Gasteiger partial charge >= 0.3 is 6.03 Å². The van der Waals surface area contributed by atoms with Gasteiger partial charge in [0.2, 0.25) is 0 Å². The second-order valence-corrected chi connectivity index (χ2v) is 8.43. The van der Waals surface area contributed by atoms with Crippen molar-refractivity contribution in [2.45, 2.75) is 38.8 Å². The monoisotopic (exact) mass is 402 g/mol. The third-order valence-corrected chi connectivity index (χ3v) is 5.48. The number of piperidine rings is 1. The molecule has 2 heterocycles. The molecule has 1 atom stereocenters. The predicted molar refractivity (Wildman–Crippen MR) is 113 cm³/mol. The van der Waals surface area contributed by atoms with Crippen LogP contribution in [0.3, 0.4) is 0 Å². The molecule has 160 valence electrons. The first-order valence-electron chi connectivity index (χ1n) is 10.7. The quantitative estimate of drug-likeness (QED) is 0.763. The fourth-order valence-corrected chi connectivity index (χ4v) is 3.98. The van der Waals surface area contributed by atoms with Gasteiger partial charge in [-0.05, 0) is 30.9 Å². The van der Waals surface area contributed by atoms with Crippen molar-refractivity contribution < 1.29 is 14.3 Å². The van der Waals surface area contributed by atoms with Gasteiger partial charge in [0.25, 0.3) is 5.91 Å². The van der Waals surface area contributed by atoms with Crippen LogP contribution in [0.15, 0.2) is 30.3 Å². The number of benzene rings is 1. The zero-order chi connectivity index (χ0) is 20.6. The number of amides is 3. The largest absolute Gasteiger partial charge is 0.374 e. The van der Waals surface area contributed by atoms with E-state index in [2.05, 4.69) is 29.4 Å². The summed E-state index contributed by atoms with van der Waals surface area (Å²) < 4.78 is 5.81. The first-order chi connectivity index (χ1) is 14.0. The number of nitrogens with zero attached hydrogens (tertiary/aromatic N) is 2. The Morgan fingerprint density at radius 3 is 2.55 bits per heavy atom. The predicted octanol–water partition coefficient (Wildman–Crippen LogP) is 1.95. The highest BCUT2D eigenvalue weighted by Gasteiger charge is 2.26. The van der Waals surface area contributed by atoms with Crippen LogP contribution in [0.25, 0.3) is 0 Å². The number of urea groups is 1. The Hall–Kier alpha value is -2.12. The standard InChI is InChI=1S/C22H34N4O3/c1-17(2)15-25-12-13-29-20(16-25)14-23-22(28)26-10-8-19(9-11-26)24-21(27)18-6-4-3-5-7-18/h3-7,17,19-20H,8-16H2,1-2H3,(H,23,28)(H,24,27). The lowest BCUT2D eigenvalue weighted by Gasteiger charge is -2.35. The zero-order valence-corrected chi connectivity index (χ0v) is 17.6. The van der Waals surface area contributed by atoms with E-state index in [-0.39, 0.29) is 24.1 Å². The van der Waals surface area contributed by atoms with Crippen LogP contribution in [-0.4, -0.2) is 79.8 Å². The second-order valence-electron chi connectivity index (χ2n) is 8.43. The number of likely N-dealkylation sites (tertiary alicyclic amines) is 1. The average Bonchev–Trinajstić information content (AvgIpc) is 2.73. The van der Waals surface area contributed by atoms with Gasteiger partial charge < -0.3 is 20.3 Å². The van der Waals surface area contributed by atoms with E-state index in [4.69, 9.17) is 4.74 Å². The van der Waals surface area contributed by atoms with Crippen molar-refractivity contribution in [2.75, 3.05) is 45.9 Å². The molecule has 1 unspecified atom stereocenters. The molecular weight excluding hydrogens is 368 g/mol. The second kappa shape index (κ2) is 10.6. The molecule has 2 N–H and O–H groups in total. The van der Waals surface area contributed by atoms with Crippen LogP contribution in [0.1, 0.15) is 37.0 Å². The molecule has 7 heteroatoms. The summed E-state index contributed by atoms with van der Waals surface area (Å²) in [4.78, 5) is 29.0. The number of rotatable bonds is 6. The molecule has 1 aromatic carbocycles. The number of carbonyl (C=O) groups excluding carboxylic acids is 2. The summed E-state index contributed by atoms with van der Waals surface area (Å²) in [7, 11) is 0. The van der Waals surface area contributed by atoms with Crippen molar-refractivity contribution >= 4 is 11.9 Å². The first-order valence-corrected chi connectivity index (χ1v) is 10.7. The summed E-state index contributed by atoms with van der Waals surface area (Å²) in [6.45, 7) is 9.90. The number of nitrogens with one attached hydrogen (secondary N) is 2. The van der Waals surface area contributed by atoms with Crippen LogP contribution in [0.5, 0.6) is 0 Å². The van der Waals surface area contributed by atoms with Crippen molar-refractivity contribution in [2.24, 2.45) is 5.92 Å². The minimum atomic E-state index is -0.0473. The van der Waals surface area contributed by atoms with Crippen molar-refractivity contribution in [3.05, 3.63) is 35.9 Å². The van der Waals surface area contributed by atoms with Gasteiger partial charge in [-0.25, -0.2) is 4.79 Å². The summed E-state index contributed by atoms with van der Waals surface area (Å²) in [5.74, 6) is 0.584.